The Kier molecular flexibility index (Phi) is 6.61. The van der Waals surface area contributed by atoms with Gasteiger partial charge in [-0.2, -0.15) is 0 Å². The van der Waals surface area contributed by atoms with E-state index in [1.165, 1.54) is 25.3 Å². The molecule has 0 atom stereocenters. The summed E-state index contributed by atoms with van der Waals surface area (Å²) in [6.07, 6.45) is 0.486. The van der Waals surface area contributed by atoms with Gasteiger partial charge in [-0.25, -0.2) is 21.6 Å². The summed E-state index contributed by atoms with van der Waals surface area (Å²) in [5, 5.41) is 10.9. The Bertz CT molecular complexity index is 1240. The summed E-state index contributed by atoms with van der Waals surface area (Å²) in [5.74, 6) is -0.446. The number of para-hydroxylation sites is 1. The van der Waals surface area contributed by atoms with Gasteiger partial charge in [-0.1, -0.05) is 30.3 Å². The van der Waals surface area contributed by atoms with Crippen molar-refractivity contribution in [2.45, 2.75) is 16.2 Å². The lowest BCUT2D eigenvalue weighted by molar-refractivity contribution is 0.196. The van der Waals surface area contributed by atoms with Crippen molar-refractivity contribution in [1.29, 1.82) is 0 Å². The molecule has 0 aromatic heterocycles. The Hall–Kier alpha value is -2.66. The molecule has 3 rings (SSSR count). The van der Waals surface area contributed by atoms with Gasteiger partial charge in [0.2, 0.25) is 10.0 Å². The van der Waals surface area contributed by atoms with Crippen LogP contribution in [0.25, 0.3) is 10.8 Å². The van der Waals surface area contributed by atoms with E-state index in [4.69, 9.17) is 4.74 Å². The first-order chi connectivity index (χ1) is 14.2. The van der Waals surface area contributed by atoms with E-state index >= 15 is 0 Å². The van der Waals surface area contributed by atoms with Crippen LogP contribution in [0.3, 0.4) is 0 Å². The molecule has 0 heterocycles. The van der Waals surface area contributed by atoms with Gasteiger partial charge >= 0.3 is 0 Å². The highest BCUT2D eigenvalue weighted by Crippen LogP contribution is 2.34. The van der Waals surface area contributed by atoms with Crippen LogP contribution in [0.4, 0.5) is 5.69 Å². The van der Waals surface area contributed by atoms with Crippen LogP contribution in [0.15, 0.2) is 70.5 Å². The first-order valence-electron chi connectivity index (χ1n) is 9.07. The topological polar surface area (TPSA) is 122 Å². The third kappa shape index (κ3) is 4.90. The largest absolute Gasteiger partial charge is 0.507 e. The molecule has 0 aliphatic heterocycles. The van der Waals surface area contributed by atoms with Crippen molar-refractivity contribution in [3.8, 4) is 5.75 Å². The van der Waals surface area contributed by atoms with E-state index < -0.39 is 25.8 Å². The van der Waals surface area contributed by atoms with Crippen LogP contribution in [0, 0.1) is 0 Å². The molecule has 0 radical (unpaired) electrons. The molecule has 10 heteroatoms. The molecule has 3 aromatic rings. The molecule has 8 nitrogen and oxygen atoms in total. The van der Waals surface area contributed by atoms with Gasteiger partial charge in [0.15, 0.2) is 0 Å². The quantitative estimate of drug-likeness (QED) is 0.431. The fourth-order valence-corrected chi connectivity index (χ4v) is 5.38. The van der Waals surface area contributed by atoms with Crippen molar-refractivity contribution in [3.63, 3.8) is 0 Å². The molecule has 0 fully saturated rings. The highest BCUT2D eigenvalue weighted by atomic mass is 32.2. The minimum Gasteiger partial charge on any atom is -0.507 e. The van der Waals surface area contributed by atoms with Gasteiger partial charge in [0, 0.05) is 37.4 Å². The van der Waals surface area contributed by atoms with E-state index in [0.29, 0.717) is 18.7 Å². The van der Waals surface area contributed by atoms with E-state index in [9.17, 15) is 21.9 Å². The summed E-state index contributed by atoms with van der Waals surface area (Å²) < 4.78 is 60.6. The number of ether oxygens (including phenoxy) is 1. The molecule has 0 unspecified atom stereocenters. The molecule has 0 saturated carbocycles. The number of fused-ring (bicyclic) bond motifs is 1. The van der Waals surface area contributed by atoms with Crippen molar-refractivity contribution >= 4 is 36.5 Å². The SMILES string of the molecule is COCCCNS(=O)(=O)c1cccc2cc(S(=O)(=O)Nc3ccccc3)cc(O)c12. The van der Waals surface area contributed by atoms with Crippen LogP contribution in [0.1, 0.15) is 6.42 Å². The molecule has 0 bridgehead atoms. The predicted octanol–water partition coefficient (Wildman–Crippen LogP) is 2.66. The van der Waals surface area contributed by atoms with Crippen LogP contribution in [-0.4, -0.2) is 42.2 Å². The van der Waals surface area contributed by atoms with Crippen LogP contribution in [0.2, 0.25) is 0 Å². The minimum absolute atomic E-state index is 0.0513. The lowest BCUT2D eigenvalue weighted by atomic mass is 10.1. The Balaban J connectivity index is 1.99. The molecular weight excluding hydrogens is 428 g/mol. The lowest BCUT2D eigenvalue weighted by Gasteiger charge is -2.13. The van der Waals surface area contributed by atoms with Gasteiger partial charge in [0.1, 0.15) is 5.75 Å². The van der Waals surface area contributed by atoms with Crippen LogP contribution < -0.4 is 9.44 Å². The maximum atomic E-state index is 12.7. The number of anilines is 1. The van der Waals surface area contributed by atoms with Gasteiger partial charge in [0.05, 0.1) is 9.79 Å². The number of aromatic hydroxyl groups is 1. The first-order valence-corrected chi connectivity index (χ1v) is 12.0. The maximum absolute atomic E-state index is 12.7. The van der Waals surface area contributed by atoms with Gasteiger partial charge in [-0.15, -0.1) is 0 Å². The molecular formula is C20H22N2O6S2. The first kappa shape index (κ1) is 22.0. The molecule has 0 amide bonds. The number of rotatable bonds is 9. The summed E-state index contributed by atoms with van der Waals surface area (Å²) in [5.41, 5.74) is 0.369. The van der Waals surface area contributed by atoms with E-state index in [1.807, 2.05) is 0 Å². The lowest BCUT2D eigenvalue weighted by Crippen LogP contribution is -2.25. The van der Waals surface area contributed by atoms with Gasteiger partial charge in [-0.05, 0) is 36.1 Å². The maximum Gasteiger partial charge on any atom is 0.262 e. The second-order valence-corrected chi connectivity index (χ2v) is 9.93. The zero-order chi connectivity index (χ0) is 21.8. The molecule has 0 aliphatic carbocycles. The third-order valence-corrected chi connectivity index (χ3v) is 7.20. The average molecular weight is 451 g/mol. The zero-order valence-electron chi connectivity index (χ0n) is 16.2. The highest BCUT2D eigenvalue weighted by Gasteiger charge is 2.22. The van der Waals surface area contributed by atoms with Gasteiger partial charge in [0.25, 0.3) is 10.0 Å². The highest BCUT2D eigenvalue weighted by molar-refractivity contribution is 7.92. The molecule has 0 spiro atoms. The van der Waals surface area contributed by atoms with E-state index in [-0.39, 0.29) is 27.1 Å². The minimum atomic E-state index is -3.99. The zero-order valence-corrected chi connectivity index (χ0v) is 17.8. The summed E-state index contributed by atoms with van der Waals surface area (Å²) in [6.45, 7) is 0.569. The molecule has 30 heavy (non-hydrogen) atoms. The van der Waals surface area contributed by atoms with Crippen LogP contribution >= 0.6 is 0 Å². The predicted molar refractivity (Wildman–Crippen MR) is 115 cm³/mol. The van der Waals surface area contributed by atoms with E-state index in [0.717, 1.165) is 6.07 Å². The van der Waals surface area contributed by atoms with Crippen molar-refractivity contribution in [3.05, 3.63) is 60.7 Å². The molecule has 160 valence electrons. The van der Waals surface area contributed by atoms with Gasteiger partial charge < -0.3 is 9.84 Å². The Morgan fingerprint density at radius 2 is 1.67 bits per heavy atom. The van der Waals surface area contributed by atoms with Gasteiger partial charge in [-0.3, -0.25) is 4.72 Å². The smallest absolute Gasteiger partial charge is 0.262 e. The van der Waals surface area contributed by atoms with Crippen molar-refractivity contribution in [2.75, 3.05) is 25.0 Å². The third-order valence-electron chi connectivity index (χ3n) is 4.33. The summed E-state index contributed by atoms with van der Waals surface area (Å²) >= 11 is 0. The van der Waals surface area contributed by atoms with Crippen molar-refractivity contribution < 1.29 is 26.7 Å². The van der Waals surface area contributed by atoms with Crippen molar-refractivity contribution in [1.82, 2.24) is 4.72 Å². The standard InChI is InChI=1S/C20H22N2O6S2/c1-28-12-6-11-21-30(26,27)19-10-5-7-15-13-17(14-18(23)20(15)19)29(24,25)22-16-8-3-2-4-9-16/h2-5,7-10,13-14,21-23H,6,11-12H2,1H3. The number of benzene rings is 3. The normalized spacial score (nSPS) is 12.2. The Morgan fingerprint density at radius 1 is 0.933 bits per heavy atom. The fourth-order valence-electron chi connectivity index (χ4n) is 2.94. The number of nitrogens with one attached hydrogen (secondary N) is 2. The van der Waals surface area contributed by atoms with Crippen LogP contribution in [-0.2, 0) is 24.8 Å². The second-order valence-electron chi connectivity index (χ2n) is 6.51. The number of phenolic OH excluding ortho intramolecular Hbond substituents is 1. The number of methoxy groups -OCH3 is 1. The van der Waals surface area contributed by atoms with Crippen LogP contribution in [0.5, 0.6) is 5.75 Å². The Morgan fingerprint density at radius 3 is 2.37 bits per heavy atom. The molecule has 0 aliphatic rings. The molecule has 3 aromatic carbocycles. The monoisotopic (exact) mass is 450 g/mol. The summed E-state index contributed by atoms with van der Waals surface area (Å²) in [4.78, 5) is -0.311. The summed E-state index contributed by atoms with van der Waals surface area (Å²) in [7, 11) is -6.38. The van der Waals surface area contributed by atoms with E-state index in [1.54, 1.807) is 36.4 Å². The van der Waals surface area contributed by atoms with E-state index in [2.05, 4.69) is 9.44 Å². The average Bonchev–Trinajstić information content (AvgIpc) is 2.71. The number of phenols is 1. The molecule has 3 N–H and O–H groups in total. The second kappa shape index (κ2) is 9.00. The number of hydrogen-bond acceptors (Lipinski definition) is 6. The van der Waals surface area contributed by atoms with Crippen molar-refractivity contribution in [2.24, 2.45) is 0 Å². The number of sulfonamides is 2. The number of hydrogen-bond donors (Lipinski definition) is 3. The Labute approximate surface area is 175 Å². The summed E-state index contributed by atoms with van der Waals surface area (Å²) in [6, 6.07) is 15.1. The molecule has 0 saturated heterocycles. The fraction of sp³-hybridized carbons (Fsp3) is 0.200.